The Labute approximate surface area is 130 Å². The number of ether oxygens (including phenoxy) is 1. The fourth-order valence-electron chi connectivity index (χ4n) is 2.90. The number of aryl methyl sites for hydroxylation is 1. The summed E-state index contributed by atoms with van der Waals surface area (Å²) in [5.74, 6) is 0.211. The van der Waals surface area contributed by atoms with Gasteiger partial charge in [0.2, 0.25) is 5.88 Å². The van der Waals surface area contributed by atoms with E-state index in [0.717, 1.165) is 18.5 Å². The molecule has 0 fully saturated rings. The van der Waals surface area contributed by atoms with Gasteiger partial charge >= 0.3 is 0 Å². The van der Waals surface area contributed by atoms with Crippen LogP contribution in [0, 0.1) is 0 Å². The maximum absolute atomic E-state index is 12.6. The number of pyridine rings is 1. The Morgan fingerprint density at radius 1 is 1.23 bits per heavy atom. The number of nitrogens with zero attached hydrogens (tertiary/aromatic N) is 1. The molecule has 0 saturated heterocycles. The van der Waals surface area contributed by atoms with Crippen molar-refractivity contribution in [3.8, 4) is 5.88 Å². The third kappa shape index (κ3) is 2.96. The van der Waals surface area contributed by atoms with Crippen molar-refractivity contribution in [3.05, 3.63) is 53.2 Å². The molecule has 2 aromatic rings. The van der Waals surface area contributed by atoms with Gasteiger partial charge < -0.3 is 10.1 Å². The number of benzene rings is 1. The molecule has 0 radical (unpaired) electrons. The van der Waals surface area contributed by atoms with Crippen molar-refractivity contribution in [2.45, 2.75) is 32.6 Å². The van der Waals surface area contributed by atoms with Gasteiger partial charge in [0, 0.05) is 11.9 Å². The van der Waals surface area contributed by atoms with Crippen LogP contribution in [0.15, 0.2) is 36.5 Å². The van der Waals surface area contributed by atoms with Crippen LogP contribution < -0.4 is 10.1 Å². The third-order valence-corrected chi connectivity index (χ3v) is 3.94. The van der Waals surface area contributed by atoms with E-state index in [2.05, 4.69) is 16.4 Å². The summed E-state index contributed by atoms with van der Waals surface area (Å²) in [7, 11) is 0. The van der Waals surface area contributed by atoms with E-state index in [0.29, 0.717) is 18.1 Å². The van der Waals surface area contributed by atoms with Crippen molar-refractivity contribution in [3.63, 3.8) is 0 Å². The first kappa shape index (κ1) is 14.6. The van der Waals surface area contributed by atoms with E-state index in [4.69, 9.17) is 4.74 Å². The zero-order valence-electron chi connectivity index (χ0n) is 12.8. The molecule has 3 rings (SSSR count). The maximum Gasteiger partial charge on any atom is 0.261 e. The molecule has 4 nitrogen and oxygen atoms in total. The first-order chi connectivity index (χ1) is 10.8. The molecular weight excluding hydrogens is 276 g/mol. The van der Waals surface area contributed by atoms with Crippen LogP contribution in [0.4, 0.5) is 5.69 Å². The Balaban J connectivity index is 1.86. The van der Waals surface area contributed by atoms with Crippen LogP contribution >= 0.6 is 0 Å². The zero-order chi connectivity index (χ0) is 15.4. The number of hydrogen-bond donors (Lipinski definition) is 1. The van der Waals surface area contributed by atoms with Gasteiger partial charge in [0.15, 0.2) is 0 Å². The second-order valence-electron chi connectivity index (χ2n) is 5.39. The summed E-state index contributed by atoms with van der Waals surface area (Å²) in [5, 5.41) is 3.03. The normalized spacial score (nSPS) is 13.3. The van der Waals surface area contributed by atoms with Gasteiger partial charge in [0.1, 0.15) is 5.56 Å². The van der Waals surface area contributed by atoms with Gasteiger partial charge in [-0.3, -0.25) is 4.79 Å². The van der Waals surface area contributed by atoms with E-state index < -0.39 is 0 Å². The quantitative estimate of drug-likeness (QED) is 0.937. The SMILES string of the molecule is CCOc1ncccc1C(=O)Nc1cccc2c1CCCC2. The highest BCUT2D eigenvalue weighted by Crippen LogP contribution is 2.28. The minimum atomic E-state index is -0.171. The molecule has 1 heterocycles. The van der Waals surface area contributed by atoms with Crippen molar-refractivity contribution in [2.75, 3.05) is 11.9 Å². The molecule has 114 valence electrons. The summed E-state index contributed by atoms with van der Waals surface area (Å²) in [6.45, 7) is 2.36. The second kappa shape index (κ2) is 6.60. The summed E-state index contributed by atoms with van der Waals surface area (Å²) < 4.78 is 5.44. The van der Waals surface area contributed by atoms with Crippen molar-refractivity contribution in [1.29, 1.82) is 0 Å². The molecule has 0 spiro atoms. The predicted molar refractivity (Wildman–Crippen MR) is 86.4 cm³/mol. The van der Waals surface area contributed by atoms with Gasteiger partial charge in [-0.2, -0.15) is 0 Å². The van der Waals surface area contributed by atoms with Gasteiger partial charge in [0.05, 0.1) is 6.61 Å². The number of nitrogens with one attached hydrogen (secondary N) is 1. The summed E-state index contributed by atoms with van der Waals surface area (Å²) in [6.07, 6.45) is 6.15. The van der Waals surface area contributed by atoms with Crippen LogP contribution in [-0.2, 0) is 12.8 Å². The molecule has 1 aromatic carbocycles. The molecule has 0 atom stereocenters. The van der Waals surface area contributed by atoms with E-state index in [9.17, 15) is 4.79 Å². The zero-order valence-corrected chi connectivity index (χ0v) is 12.8. The summed E-state index contributed by atoms with van der Waals surface area (Å²) in [5.41, 5.74) is 4.00. The number of amides is 1. The molecule has 0 unspecified atom stereocenters. The molecule has 1 N–H and O–H groups in total. The molecule has 1 aliphatic carbocycles. The molecule has 1 aromatic heterocycles. The molecule has 1 amide bonds. The fourth-order valence-corrected chi connectivity index (χ4v) is 2.90. The van der Waals surface area contributed by atoms with E-state index >= 15 is 0 Å². The average molecular weight is 296 g/mol. The van der Waals surface area contributed by atoms with E-state index in [-0.39, 0.29) is 5.91 Å². The van der Waals surface area contributed by atoms with Crippen LogP contribution in [0.5, 0.6) is 5.88 Å². The highest BCUT2D eigenvalue weighted by atomic mass is 16.5. The Kier molecular flexibility index (Phi) is 4.37. The lowest BCUT2D eigenvalue weighted by Crippen LogP contribution is -2.17. The number of fused-ring (bicyclic) bond motifs is 1. The van der Waals surface area contributed by atoms with Crippen LogP contribution in [0.25, 0.3) is 0 Å². The number of rotatable bonds is 4. The Bertz CT molecular complexity index is 683. The van der Waals surface area contributed by atoms with Gasteiger partial charge in [-0.25, -0.2) is 4.98 Å². The molecule has 0 aliphatic heterocycles. The van der Waals surface area contributed by atoms with E-state index in [1.807, 2.05) is 19.1 Å². The lowest BCUT2D eigenvalue weighted by atomic mass is 9.90. The summed E-state index contributed by atoms with van der Waals surface area (Å²) in [4.78, 5) is 16.7. The van der Waals surface area contributed by atoms with E-state index in [1.54, 1.807) is 18.3 Å². The minimum Gasteiger partial charge on any atom is -0.477 e. The standard InChI is InChI=1S/C18H20N2O2/c1-2-22-18-15(10-6-12-19-18)17(21)20-16-11-5-8-13-7-3-4-9-14(13)16/h5-6,8,10-12H,2-4,7,9H2,1H3,(H,20,21). The second-order valence-corrected chi connectivity index (χ2v) is 5.39. The number of carbonyl (C=O) groups is 1. The smallest absolute Gasteiger partial charge is 0.261 e. The molecule has 0 saturated carbocycles. The summed E-state index contributed by atoms with van der Waals surface area (Å²) >= 11 is 0. The molecule has 1 aliphatic rings. The topological polar surface area (TPSA) is 51.2 Å². The molecule has 22 heavy (non-hydrogen) atoms. The Hall–Kier alpha value is -2.36. The number of aromatic nitrogens is 1. The van der Waals surface area contributed by atoms with Crippen LogP contribution in [0.2, 0.25) is 0 Å². The minimum absolute atomic E-state index is 0.171. The first-order valence-electron chi connectivity index (χ1n) is 7.79. The monoisotopic (exact) mass is 296 g/mol. The third-order valence-electron chi connectivity index (χ3n) is 3.94. The highest BCUT2D eigenvalue weighted by molar-refractivity contribution is 6.06. The van der Waals surface area contributed by atoms with E-state index in [1.165, 1.54) is 24.0 Å². The van der Waals surface area contributed by atoms with Gasteiger partial charge in [-0.05, 0) is 61.9 Å². The van der Waals surface area contributed by atoms with Gasteiger partial charge in [-0.1, -0.05) is 12.1 Å². The van der Waals surface area contributed by atoms with Gasteiger partial charge in [-0.15, -0.1) is 0 Å². The maximum atomic E-state index is 12.6. The average Bonchev–Trinajstić information content (AvgIpc) is 2.56. The van der Waals surface area contributed by atoms with Crippen LogP contribution in [-0.4, -0.2) is 17.5 Å². The Morgan fingerprint density at radius 3 is 2.95 bits per heavy atom. The van der Waals surface area contributed by atoms with Crippen molar-refractivity contribution in [2.24, 2.45) is 0 Å². The molecule has 4 heteroatoms. The highest BCUT2D eigenvalue weighted by Gasteiger charge is 2.17. The van der Waals surface area contributed by atoms with Crippen molar-refractivity contribution < 1.29 is 9.53 Å². The molecular formula is C18H20N2O2. The summed E-state index contributed by atoms with van der Waals surface area (Å²) in [6, 6.07) is 9.62. The first-order valence-corrected chi connectivity index (χ1v) is 7.79. The van der Waals surface area contributed by atoms with Crippen LogP contribution in [0.3, 0.4) is 0 Å². The Morgan fingerprint density at radius 2 is 2.09 bits per heavy atom. The van der Waals surface area contributed by atoms with Crippen LogP contribution in [0.1, 0.15) is 41.3 Å². The fraction of sp³-hybridized carbons (Fsp3) is 0.333. The predicted octanol–water partition coefficient (Wildman–Crippen LogP) is 3.61. The number of hydrogen-bond acceptors (Lipinski definition) is 3. The van der Waals surface area contributed by atoms with Gasteiger partial charge in [0.25, 0.3) is 5.91 Å². The lowest BCUT2D eigenvalue weighted by Gasteiger charge is -2.19. The molecule has 0 bridgehead atoms. The number of anilines is 1. The lowest BCUT2D eigenvalue weighted by molar-refractivity contribution is 0.102. The number of carbonyl (C=O) groups excluding carboxylic acids is 1. The van der Waals surface area contributed by atoms with Crippen molar-refractivity contribution in [1.82, 2.24) is 4.98 Å². The largest absolute Gasteiger partial charge is 0.477 e. The van der Waals surface area contributed by atoms with Crippen molar-refractivity contribution >= 4 is 11.6 Å².